The third-order valence-corrected chi connectivity index (χ3v) is 4.70. The van der Waals surface area contributed by atoms with Crippen molar-refractivity contribution < 1.29 is 4.79 Å². The molecule has 3 aromatic rings. The molecule has 0 atom stereocenters. The normalized spacial score (nSPS) is 13.1. The molecular weight excluding hydrogens is 340 g/mol. The molecule has 0 bridgehead atoms. The maximum absolute atomic E-state index is 12.6. The first-order valence-corrected chi connectivity index (χ1v) is 9.09. The Bertz CT molecular complexity index is 937. The summed E-state index contributed by atoms with van der Waals surface area (Å²) in [5, 5.41) is 11.0. The Morgan fingerprint density at radius 1 is 1.11 bits per heavy atom. The summed E-state index contributed by atoms with van der Waals surface area (Å²) in [5.74, 6) is 1.53. The molecule has 7 heteroatoms. The fourth-order valence-corrected chi connectivity index (χ4v) is 3.23. The van der Waals surface area contributed by atoms with Crippen LogP contribution in [0.5, 0.6) is 0 Å². The predicted octanol–water partition coefficient (Wildman–Crippen LogP) is 2.99. The monoisotopic (exact) mass is 362 g/mol. The summed E-state index contributed by atoms with van der Waals surface area (Å²) >= 11 is 0. The number of benzene rings is 1. The summed E-state index contributed by atoms with van der Waals surface area (Å²) in [6, 6.07) is 11.2. The topological polar surface area (TPSA) is 75.9 Å². The summed E-state index contributed by atoms with van der Waals surface area (Å²) in [5.41, 5.74) is 2.79. The van der Waals surface area contributed by atoms with E-state index in [0.29, 0.717) is 5.82 Å². The second-order valence-electron chi connectivity index (χ2n) is 6.86. The zero-order chi connectivity index (χ0) is 18.8. The number of carbonyl (C=O) groups is 1. The second kappa shape index (κ2) is 7.19. The van der Waals surface area contributed by atoms with Gasteiger partial charge in [-0.3, -0.25) is 4.79 Å². The lowest BCUT2D eigenvalue weighted by atomic mass is 10.1. The standard InChI is InChI=1S/C20H22N6O/c1-25(2)19-11-10-16(23-24-19)20(27)22-15-8-4-3-7-14(15)17-13-26-12-6-5-9-18(26)21-17/h3-4,7-8,10-11,13H,5-6,9,12H2,1-2H3,(H,22,27). The molecule has 138 valence electrons. The van der Waals surface area contributed by atoms with E-state index >= 15 is 0 Å². The average molecular weight is 362 g/mol. The summed E-state index contributed by atoms with van der Waals surface area (Å²) in [6.45, 7) is 1.00. The van der Waals surface area contributed by atoms with E-state index in [0.717, 1.165) is 35.7 Å². The van der Waals surface area contributed by atoms with Crippen LogP contribution in [0.1, 0.15) is 29.2 Å². The number of fused-ring (bicyclic) bond motifs is 1. The quantitative estimate of drug-likeness (QED) is 0.772. The molecule has 4 rings (SSSR count). The molecule has 1 amide bonds. The molecule has 1 aromatic carbocycles. The number of amides is 1. The number of nitrogens with zero attached hydrogens (tertiary/aromatic N) is 5. The van der Waals surface area contributed by atoms with Crippen LogP contribution in [-0.2, 0) is 13.0 Å². The van der Waals surface area contributed by atoms with E-state index in [2.05, 4.69) is 26.3 Å². The van der Waals surface area contributed by atoms with Gasteiger partial charge in [0.15, 0.2) is 11.5 Å². The maximum atomic E-state index is 12.6. The molecular formula is C20H22N6O. The van der Waals surface area contributed by atoms with Gasteiger partial charge < -0.3 is 14.8 Å². The van der Waals surface area contributed by atoms with Gasteiger partial charge in [-0.25, -0.2) is 4.98 Å². The molecule has 0 saturated carbocycles. The van der Waals surface area contributed by atoms with Crippen molar-refractivity contribution in [2.45, 2.75) is 25.8 Å². The first-order valence-electron chi connectivity index (χ1n) is 9.09. The largest absolute Gasteiger partial charge is 0.361 e. The molecule has 0 spiro atoms. The van der Waals surface area contributed by atoms with E-state index in [1.807, 2.05) is 43.3 Å². The van der Waals surface area contributed by atoms with Gasteiger partial charge in [-0.05, 0) is 31.0 Å². The number of carbonyl (C=O) groups excluding carboxylic acids is 1. The van der Waals surface area contributed by atoms with Gasteiger partial charge in [0.2, 0.25) is 0 Å². The van der Waals surface area contributed by atoms with Crippen LogP contribution in [0.25, 0.3) is 11.3 Å². The molecule has 0 radical (unpaired) electrons. The Kier molecular flexibility index (Phi) is 4.58. The number of hydrogen-bond donors (Lipinski definition) is 1. The molecule has 1 N–H and O–H groups in total. The molecule has 0 unspecified atom stereocenters. The highest BCUT2D eigenvalue weighted by atomic mass is 16.1. The molecule has 2 aromatic heterocycles. The van der Waals surface area contributed by atoms with Gasteiger partial charge in [0.1, 0.15) is 5.82 Å². The van der Waals surface area contributed by atoms with Gasteiger partial charge in [-0.1, -0.05) is 18.2 Å². The zero-order valence-electron chi connectivity index (χ0n) is 15.5. The lowest BCUT2D eigenvalue weighted by Crippen LogP contribution is -2.17. The van der Waals surface area contributed by atoms with Crippen LogP contribution in [0.4, 0.5) is 11.5 Å². The minimum absolute atomic E-state index is 0.277. The third kappa shape index (κ3) is 3.53. The van der Waals surface area contributed by atoms with E-state index in [9.17, 15) is 4.79 Å². The minimum atomic E-state index is -0.288. The molecule has 7 nitrogen and oxygen atoms in total. The number of aromatic nitrogens is 4. The van der Waals surface area contributed by atoms with Crippen LogP contribution in [0.2, 0.25) is 0 Å². The third-order valence-electron chi connectivity index (χ3n) is 4.70. The van der Waals surface area contributed by atoms with Crippen molar-refractivity contribution >= 4 is 17.4 Å². The molecule has 1 aliphatic heterocycles. The van der Waals surface area contributed by atoms with Gasteiger partial charge in [-0.2, -0.15) is 0 Å². The Morgan fingerprint density at radius 3 is 2.70 bits per heavy atom. The highest BCUT2D eigenvalue weighted by molar-refractivity contribution is 6.04. The number of hydrogen-bond acceptors (Lipinski definition) is 5. The summed E-state index contributed by atoms with van der Waals surface area (Å²) in [6.07, 6.45) is 5.44. The van der Waals surface area contributed by atoms with Gasteiger partial charge in [0.05, 0.1) is 11.4 Å². The van der Waals surface area contributed by atoms with Crippen molar-refractivity contribution in [3.8, 4) is 11.3 Å². The lowest BCUT2D eigenvalue weighted by Gasteiger charge is -2.11. The highest BCUT2D eigenvalue weighted by Crippen LogP contribution is 2.29. The fourth-order valence-electron chi connectivity index (χ4n) is 3.23. The van der Waals surface area contributed by atoms with Gasteiger partial charge in [0, 0.05) is 38.8 Å². The maximum Gasteiger partial charge on any atom is 0.276 e. The molecule has 1 aliphatic rings. The Morgan fingerprint density at radius 2 is 1.96 bits per heavy atom. The van der Waals surface area contributed by atoms with E-state index in [1.54, 1.807) is 12.1 Å². The van der Waals surface area contributed by atoms with Crippen LogP contribution in [0, 0.1) is 0 Å². The summed E-state index contributed by atoms with van der Waals surface area (Å²) in [7, 11) is 3.76. The number of nitrogens with one attached hydrogen (secondary N) is 1. The van der Waals surface area contributed by atoms with Crippen molar-refractivity contribution in [1.82, 2.24) is 19.7 Å². The molecule has 0 aliphatic carbocycles. The van der Waals surface area contributed by atoms with E-state index in [4.69, 9.17) is 4.98 Å². The van der Waals surface area contributed by atoms with E-state index in [-0.39, 0.29) is 11.6 Å². The molecule has 27 heavy (non-hydrogen) atoms. The van der Waals surface area contributed by atoms with Crippen molar-refractivity contribution in [3.05, 3.63) is 54.1 Å². The Balaban J connectivity index is 1.59. The first kappa shape index (κ1) is 17.2. The van der Waals surface area contributed by atoms with E-state index in [1.165, 1.54) is 12.8 Å². The number of aryl methyl sites for hydroxylation is 2. The van der Waals surface area contributed by atoms with Crippen LogP contribution in [0.3, 0.4) is 0 Å². The molecule has 3 heterocycles. The SMILES string of the molecule is CN(C)c1ccc(C(=O)Nc2ccccc2-c2cn3c(n2)CCCC3)nn1. The second-order valence-corrected chi connectivity index (χ2v) is 6.86. The van der Waals surface area contributed by atoms with Crippen molar-refractivity contribution in [1.29, 1.82) is 0 Å². The van der Waals surface area contributed by atoms with Crippen molar-refractivity contribution in [3.63, 3.8) is 0 Å². The average Bonchev–Trinajstić information content (AvgIpc) is 3.12. The molecule has 0 saturated heterocycles. The number of imidazole rings is 1. The number of para-hydroxylation sites is 1. The van der Waals surface area contributed by atoms with Crippen molar-refractivity contribution in [2.24, 2.45) is 0 Å². The predicted molar refractivity (Wildman–Crippen MR) is 105 cm³/mol. The van der Waals surface area contributed by atoms with Gasteiger partial charge in [0.25, 0.3) is 5.91 Å². The van der Waals surface area contributed by atoms with Crippen molar-refractivity contribution in [2.75, 3.05) is 24.3 Å². The number of anilines is 2. The van der Waals surface area contributed by atoms with Crippen LogP contribution in [-0.4, -0.2) is 39.8 Å². The Labute approximate surface area is 158 Å². The fraction of sp³-hybridized carbons (Fsp3) is 0.300. The molecule has 0 fully saturated rings. The van der Waals surface area contributed by atoms with Crippen LogP contribution in [0.15, 0.2) is 42.6 Å². The van der Waals surface area contributed by atoms with Gasteiger partial charge >= 0.3 is 0 Å². The van der Waals surface area contributed by atoms with E-state index < -0.39 is 0 Å². The Hall–Kier alpha value is -3.22. The summed E-state index contributed by atoms with van der Waals surface area (Å²) < 4.78 is 2.21. The minimum Gasteiger partial charge on any atom is -0.361 e. The first-order chi connectivity index (χ1) is 13.1. The van der Waals surface area contributed by atoms with Gasteiger partial charge in [-0.15, -0.1) is 10.2 Å². The lowest BCUT2D eigenvalue weighted by molar-refractivity contribution is 0.102. The summed E-state index contributed by atoms with van der Waals surface area (Å²) in [4.78, 5) is 19.2. The van der Waals surface area contributed by atoms with Crippen LogP contribution >= 0.6 is 0 Å². The smallest absolute Gasteiger partial charge is 0.276 e. The highest BCUT2D eigenvalue weighted by Gasteiger charge is 2.17. The number of rotatable bonds is 4. The van der Waals surface area contributed by atoms with Crippen LogP contribution < -0.4 is 10.2 Å². The zero-order valence-corrected chi connectivity index (χ0v) is 15.5.